The van der Waals surface area contributed by atoms with Crippen LogP contribution < -0.4 is 4.72 Å². The maximum atomic E-state index is 13.1. The maximum absolute atomic E-state index is 13.1. The van der Waals surface area contributed by atoms with E-state index in [4.69, 9.17) is 4.42 Å². The molecule has 0 radical (unpaired) electrons. The van der Waals surface area contributed by atoms with Crippen LogP contribution in [0.5, 0.6) is 0 Å². The second-order valence-corrected chi connectivity index (χ2v) is 9.60. The highest BCUT2D eigenvalue weighted by Crippen LogP contribution is 2.38. The lowest BCUT2D eigenvalue weighted by molar-refractivity contribution is 0.0971. The minimum Gasteiger partial charge on any atom is -0.459 e. The summed E-state index contributed by atoms with van der Waals surface area (Å²) in [5.41, 5.74) is 1.51. The summed E-state index contributed by atoms with van der Waals surface area (Å²) in [6.45, 7) is 0. The molecule has 1 aliphatic carbocycles. The molecule has 1 N–H and O–H groups in total. The highest BCUT2D eigenvalue weighted by molar-refractivity contribution is 9.10. The molecular weight excluding hydrogens is 454 g/mol. The number of hydrogen-bond donors (Lipinski definition) is 1. The summed E-state index contributed by atoms with van der Waals surface area (Å²) >= 11 is 3.46. The van der Waals surface area contributed by atoms with Gasteiger partial charge in [-0.1, -0.05) is 36.4 Å². The number of benzene rings is 3. The van der Waals surface area contributed by atoms with E-state index < -0.39 is 10.0 Å². The molecule has 3 aromatic carbocycles. The number of nitrogens with one attached hydrogen (secondary N) is 1. The summed E-state index contributed by atoms with van der Waals surface area (Å²) in [7, 11) is -3.83. The van der Waals surface area contributed by atoms with Crippen LogP contribution in [0.15, 0.2) is 68.4 Å². The Bertz CT molecular complexity index is 1400. The zero-order valence-electron chi connectivity index (χ0n) is 15.2. The second kappa shape index (κ2) is 6.71. The molecule has 1 aliphatic rings. The van der Waals surface area contributed by atoms with Crippen LogP contribution in [0.1, 0.15) is 29.0 Å². The molecule has 146 valence electrons. The molecule has 0 saturated carbocycles. The molecule has 29 heavy (non-hydrogen) atoms. The number of rotatable bonds is 3. The van der Waals surface area contributed by atoms with Gasteiger partial charge < -0.3 is 4.42 Å². The number of sulfonamides is 1. The molecule has 0 amide bonds. The number of halogens is 1. The average molecular weight is 470 g/mol. The molecule has 0 bridgehead atoms. The third kappa shape index (κ3) is 3.05. The van der Waals surface area contributed by atoms with E-state index >= 15 is 0 Å². The molecule has 7 heteroatoms. The molecular formula is C22H16BrNO4S. The van der Waals surface area contributed by atoms with E-state index in [1.165, 1.54) is 0 Å². The van der Waals surface area contributed by atoms with E-state index in [9.17, 15) is 13.2 Å². The van der Waals surface area contributed by atoms with Crippen LogP contribution in [0.25, 0.3) is 21.7 Å². The van der Waals surface area contributed by atoms with Crippen molar-refractivity contribution in [3.05, 3.63) is 70.4 Å². The standard InChI is InChI=1S/C22H16BrNO4S/c23-17-12-14(11-16-21-18(25)8-4-9-19(21)28-22(16)17)24-29(26,27)20-10-3-6-13-5-1-2-7-15(13)20/h1-3,5-7,10-12,24H,4,8-9H2. The SMILES string of the molecule is O=C1CCCc2oc3c(Br)cc(NS(=O)(=O)c4cccc5ccccc45)cc3c21. The predicted molar refractivity (Wildman–Crippen MR) is 116 cm³/mol. The summed E-state index contributed by atoms with van der Waals surface area (Å²) in [4.78, 5) is 12.6. The Labute approximate surface area is 175 Å². The van der Waals surface area contributed by atoms with Gasteiger partial charge >= 0.3 is 0 Å². The number of hydrogen-bond acceptors (Lipinski definition) is 4. The number of furan rings is 1. The Morgan fingerprint density at radius 3 is 2.62 bits per heavy atom. The topological polar surface area (TPSA) is 76.4 Å². The van der Waals surface area contributed by atoms with E-state index in [-0.39, 0.29) is 10.7 Å². The van der Waals surface area contributed by atoms with Gasteiger partial charge in [0.25, 0.3) is 10.0 Å². The lowest BCUT2D eigenvalue weighted by atomic mass is 9.94. The van der Waals surface area contributed by atoms with Crippen molar-refractivity contribution in [3.8, 4) is 0 Å². The molecule has 1 heterocycles. The van der Waals surface area contributed by atoms with Gasteiger partial charge in [-0.05, 0) is 45.9 Å². The first-order valence-corrected chi connectivity index (χ1v) is 11.5. The van der Waals surface area contributed by atoms with Gasteiger partial charge in [0.05, 0.1) is 20.6 Å². The molecule has 0 atom stereocenters. The summed E-state index contributed by atoms with van der Waals surface area (Å²) in [6, 6.07) is 15.9. The fourth-order valence-electron chi connectivity index (χ4n) is 3.92. The van der Waals surface area contributed by atoms with Crippen molar-refractivity contribution in [1.82, 2.24) is 0 Å². The summed E-state index contributed by atoms with van der Waals surface area (Å²) < 4.78 is 35.4. The quantitative estimate of drug-likeness (QED) is 0.419. The zero-order chi connectivity index (χ0) is 20.2. The van der Waals surface area contributed by atoms with Crippen molar-refractivity contribution < 1.29 is 17.6 Å². The highest BCUT2D eigenvalue weighted by Gasteiger charge is 2.26. The van der Waals surface area contributed by atoms with E-state index in [2.05, 4.69) is 20.7 Å². The first kappa shape index (κ1) is 18.4. The molecule has 4 aromatic rings. The first-order valence-electron chi connectivity index (χ1n) is 9.23. The fourth-order valence-corrected chi connectivity index (χ4v) is 5.74. The van der Waals surface area contributed by atoms with Gasteiger partial charge in [-0.2, -0.15) is 0 Å². The Hall–Kier alpha value is -2.64. The van der Waals surface area contributed by atoms with E-state index in [1.807, 2.05) is 24.3 Å². The van der Waals surface area contributed by atoms with Crippen molar-refractivity contribution >= 4 is 59.2 Å². The molecule has 5 nitrogen and oxygen atoms in total. The van der Waals surface area contributed by atoms with Gasteiger partial charge in [0.1, 0.15) is 11.3 Å². The minimum atomic E-state index is -3.83. The van der Waals surface area contributed by atoms with E-state index in [1.54, 1.807) is 30.3 Å². The second-order valence-electron chi connectivity index (χ2n) is 7.09. The highest BCUT2D eigenvalue weighted by atomic mass is 79.9. The van der Waals surface area contributed by atoms with Crippen molar-refractivity contribution in [2.45, 2.75) is 24.2 Å². The van der Waals surface area contributed by atoms with Crippen molar-refractivity contribution in [2.75, 3.05) is 4.72 Å². The van der Waals surface area contributed by atoms with Crippen LogP contribution in [0.3, 0.4) is 0 Å². The third-order valence-electron chi connectivity index (χ3n) is 5.19. The van der Waals surface area contributed by atoms with Crippen LogP contribution in [0, 0.1) is 0 Å². The number of carbonyl (C=O) groups is 1. The Balaban J connectivity index is 1.63. The normalized spacial score (nSPS) is 14.3. The van der Waals surface area contributed by atoms with Crippen molar-refractivity contribution in [2.24, 2.45) is 0 Å². The van der Waals surface area contributed by atoms with Crippen LogP contribution in [0.2, 0.25) is 0 Å². The number of aryl methyl sites for hydroxylation is 1. The van der Waals surface area contributed by atoms with Gasteiger partial charge in [-0.3, -0.25) is 9.52 Å². The van der Waals surface area contributed by atoms with E-state index in [0.29, 0.717) is 50.7 Å². The molecule has 0 aliphatic heterocycles. The largest absolute Gasteiger partial charge is 0.459 e. The summed E-state index contributed by atoms with van der Waals surface area (Å²) in [5, 5.41) is 2.13. The molecule has 0 unspecified atom stereocenters. The molecule has 0 saturated heterocycles. The minimum absolute atomic E-state index is 0.0333. The van der Waals surface area contributed by atoms with Gasteiger partial charge in [-0.25, -0.2) is 8.42 Å². The average Bonchev–Trinajstić information content (AvgIpc) is 3.08. The Morgan fingerprint density at radius 1 is 0.966 bits per heavy atom. The summed E-state index contributed by atoms with van der Waals surface area (Å²) in [6.07, 6.45) is 1.95. The number of ketones is 1. The molecule has 0 fully saturated rings. The maximum Gasteiger partial charge on any atom is 0.262 e. The van der Waals surface area contributed by atoms with Gasteiger partial charge in [0.2, 0.25) is 0 Å². The Morgan fingerprint density at radius 2 is 1.76 bits per heavy atom. The lowest BCUT2D eigenvalue weighted by Gasteiger charge is -2.12. The number of fused-ring (bicyclic) bond motifs is 4. The van der Waals surface area contributed by atoms with Crippen molar-refractivity contribution in [3.63, 3.8) is 0 Å². The van der Waals surface area contributed by atoms with Crippen LogP contribution in [-0.2, 0) is 16.4 Å². The van der Waals surface area contributed by atoms with Crippen LogP contribution in [0.4, 0.5) is 5.69 Å². The zero-order valence-corrected chi connectivity index (χ0v) is 17.6. The first-order chi connectivity index (χ1) is 13.9. The predicted octanol–water partition coefficient (Wildman–Crippen LogP) is 5.67. The molecule has 0 spiro atoms. The van der Waals surface area contributed by atoms with Gasteiger partial charge in [0, 0.05) is 23.6 Å². The Kier molecular flexibility index (Phi) is 4.26. The molecule has 1 aromatic heterocycles. The third-order valence-corrected chi connectivity index (χ3v) is 7.22. The lowest BCUT2D eigenvalue weighted by Crippen LogP contribution is -2.13. The van der Waals surface area contributed by atoms with Crippen LogP contribution in [-0.4, -0.2) is 14.2 Å². The van der Waals surface area contributed by atoms with Crippen molar-refractivity contribution in [1.29, 1.82) is 0 Å². The fraction of sp³-hybridized carbons (Fsp3) is 0.136. The number of carbonyl (C=O) groups excluding carboxylic acids is 1. The van der Waals surface area contributed by atoms with E-state index in [0.717, 1.165) is 11.8 Å². The summed E-state index contributed by atoms with van der Waals surface area (Å²) in [5.74, 6) is 0.706. The smallest absolute Gasteiger partial charge is 0.262 e. The number of anilines is 1. The van der Waals surface area contributed by atoms with Gasteiger partial charge in [-0.15, -0.1) is 0 Å². The number of Topliss-reactive ketones (excluding diaryl/α,β-unsaturated/α-hetero) is 1. The molecule has 5 rings (SSSR count). The monoisotopic (exact) mass is 469 g/mol. The van der Waals surface area contributed by atoms with Gasteiger partial charge in [0.15, 0.2) is 5.78 Å². The van der Waals surface area contributed by atoms with Crippen LogP contribution >= 0.6 is 15.9 Å².